The summed E-state index contributed by atoms with van der Waals surface area (Å²) < 4.78 is 4.75. The second-order valence-electron chi connectivity index (χ2n) is 3.51. The zero-order valence-corrected chi connectivity index (χ0v) is 9.56. The van der Waals surface area contributed by atoms with Crippen LogP contribution in [0.15, 0.2) is 30.0 Å². The van der Waals surface area contributed by atoms with Crippen LogP contribution in [0.4, 0.5) is 0 Å². The summed E-state index contributed by atoms with van der Waals surface area (Å²) in [5.74, 6) is -1.11. The standard InChI is InChI=1S/C13H16O3/c1-3-4-10-5-7-11(8-6-10)9-12(16-2)13(14)15/h5-9H,3-4H2,1-2H3,(H,14,15). The van der Waals surface area contributed by atoms with Crippen molar-refractivity contribution in [3.63, 3.8) is 0 Å². The van der Waals surface area contributed by atoms with Crippen LogP contribution in [-0.2, 0) is 16.0 Å². The third-order valence-corrected chi connectivity index (χ3v) is 2.25. The number of methoxy groups -OCH3 is 1. The number of hydrogen-bond acceptors (Lipinski definition) is 2. The van der Waals surface area contributed by atoms with E-state index in [0.717, 1.165) is 18.4 Å². The van der Waals surface area contributed by atoms with Gasteiger partial charge in [-0.05, 0) is 23.6 Å². The first kappa shape index (κ1) is 12.3. The van der Waals surface area contributed by atoms with Crippen molar-refractivity contribution < 1.29 is 14.6 Å². The third-order valence-electron chi connectivity index (χ3n) is 2.25. The smallest absolute Gasteiger partial charge is 0.371 e. The number of benzene rings is 1. The summed E-state index contributed by atoms with van der Waals surface area (Å²) in [6.07, 6.45) is 3.66. The van der Waals surface area contributed by atoms with Crippen LogP contribution in [0.25, 0.3) is 6.08 Å². The molecule has 0 spiro atoms. The van der Waals surface area contributed by atoms with Crippen molar-refractivity contribution in [3.8, 4) is 0 Å². The topological polar surface area (TPSA) is 46.5 Å². The summed E-state index contributed by atoms with van der Waals surface area (Å²) in [4.78, 5) is 10.7. The molecule has 0 bridgehead atoms. The van der Waals surface area contributed by atoms with E-state index in [0.29, 0.717) is 0 Å². The summed E-state index contributed by atoms with van der Waals surface area (Å²) in [5.41, 5.74) is 2.09. The summed E-state index contributed by atoms with van der Waals surface area (Å²) in [5, 5.41) is 8.78. The van der Waals surface area contributed by atoms with Crippen molar-refractivity contribution in [2.24, 2.45) is 0 Å². The molecular weight excluding hydrogens is 204 g/mol. The Kier molecular flexibility index (Phi) is 4.58. The van der Waals surface area contributed by atoms with Gasteiger partial charge in [0.25, 0.3) is 0 Å². The van der Waals surface area contributed by atoms with E-state index in [4.69, 9.17) is 9.84 Å². The molecule has 0 aliphatic carbocycles. The van der Waals surface area contributed by atoms with Gasteiger partial charge in [0.2, 0.25) is 5.76 Å². The molecule has 0 aliphatic heterocycles. The number of rotatable bonds is 5. The maximum atomic E-state index is 10.7. The van der Waals surface area contributed by atoms with E-state index in [1.165, 1.54) is 18.7 Å². The van der Waals surface area contributed by atoms with Gasteiger partial charge in [-0.25, -0.2) is 4.79 Å². The number of hydrogen-bond donors (Lipinski definition) is 1. The zero-order chi connectivity index (χ0) is 12.0. The van der Waals surface area contributed by atoms with Crippen LogP contribution in [0.3, 0.4) is 0 Å². The van der Waals surface area contributed by atoms with Crippen LogP contribution < -0.4 is 0 Å². The number of ether oxygens (including phenoxy) is 1. The molecule has 1 aromatic rings. The van der Waals surface area contributed by atoms with E-state index in [2.05, 4.69) is 6.92 Å². The van der Waals surface area contributed by atoms with Gasteiger partial charge < -0.3 is 9.84 Å². The van der Waals surface area contributed by atoms with Gasteiger partial charge in [-0.15, -0.1) is 0 Å². The van der Waals surface area contributed by atoms with Gasteiger partial charge in [-0.3, -0.25) is 0 Å². The molecule has 16 heavy (non-hydrogen) atoms. The van der Waals surface area contributed by atoms with E-state index in [9.17, 15) is 4.79 Å². The molecule has 0 fully saturated rings. The van der Waals surface area contributed by atoms with E-state index in [-0.39, 0.29) is 5.76 Å². The molecule has 0 radical (unpaired) electrons. The van der Waals surface area contributed by atoms with E-state index >= 15 is 0 Å². The summed E-state index contributed by atoms with van der Waals surface area (Å²) in [7, 11) is 1.35. The maximum absolute atomic E-state index is 10.7. The molecular formula is C13H16O3. The Morgan fingerprint density at radius 3 is 2.44 bits per heavy atom. The minimum absolute atomic E-state index is 0.0526. The highest BCUT2D eigenvalue weighted by molar-refractivity contribution is 5.89. The minimum Gasteiger partial charge on any atom is -0.490 e. The summed E-state index contributed by atoms with van der Waals surface area (Å²) in [6, 6.07) is 7.80. The number of aliphatic carboxylic acids is 1. The normalized spacial score (nSPS) is 11.2. The number of carboxylic acids is 1. The lowest BCUT2D eigenvalue weighted by Crippen LogP contribution is -2.01. The largest absolute Gasteiger partial charge is 0.490 e. The zero-order valence-electron chi connectivity index (χ0n) is 9.56. The molecule has 0 aliphatic rings. The molecule has 1 rings (SSSR count). The molecule has 3 nitrogen and oxygen atoms in total. The Labute approximate surface area is 95.4 Å². The average Bonchev–Trinajstić information content (AvgIpc) is 2.28. The van der Waals surface area contributed by atoms with Crippen molar-refractivity contribution >= 4 is 12.0 Å². The predicted molar refractivity (Wildman–Crippen MR) is 63.1 cm³/mol. The Balaban J connectivity index is 2.85. The van der Waals surface area contributed by atoms with Crippen LogP contribution >= 0.6 is 0 Å². The van der Waals surface area contributed by atoms with Crippen molar-refractivity contribution in [3.05, 3.63) is 41.2 Å². The quantitative estimate of drug-likeness (QED) is 0.613. The Morgan fingerprint density at radius 2 is 2.00 bits per heavy atom. The summed E-state index contributed by atoms with van der Waals surface area (Å²) in [6.45, 7) is 2.13. The molecule has 3 heteroatoms. The second-order valence-corrected chi connectivity index (χ2v) is 3.51. The minimum atomic E-state index is -1.06. The van der Waals surface area contributed by atoms with Crippen molar-refractivity contribution in [1.82, 2.24) is 0 Å². The molecule has 1 N–H and O–H groups in total. The fourth-order valence-corrected chi connectivity index (χ4v) is 1.43. The third kappa shape index (κ3) is 3.42. The van der Waals surface area contributed by atoms with Crippen LogP contribution in [-0.4, -0.2) is 18.2 Å². The van der Waals surface area contributed by atoms with Crippen LogP contribution in [0.5, 0.6) is 0 Å². The highest BCUT2D eigenvalue weighted by Crippen LogP contribution is 2.11. The van der Waals surface area contributed by atoms with E-state index in [1.807, 2.05) is 24.3 Å². The van der Waals surface area contributed by atoms with Crippen LogP contribution in [0, 0.1) is 0 Å². The van der Waals surface area contributed by atoms with Crippen LogP contribution in [0.2, 0.25) is 0 Å². The van der Waals surface area contributed by atoms with Gasteiger partial charge >= 0.3 is 5.97 Å². The van der Waals surface area contributed by atoms with Gasteiger partial charge in [-0.2, -0.15) is 0 Å². The lowest BCUT2D eigenvalue weighted by Gasteiger charge is -2.02. The molecule has 1 aromatic carbocycles. The Hall–Kier alpha value is -1.77. The molecule has 0 saturated carbocycles. The molecule has 0 aromatic heterocycles. The second kappa shape index (κ2) is 5.95. The van der Waals surface area contributed by atoms with Gasteiger partial charge in [0.1, 0.15) is 0 Å². The summed E-state index contributed by atoms with van der Waals surface area (Å²) >= 11 is 0. The first-order valence-electron chi connectivity index (χ1n) is 5.25. The fraction of sp³-hybridized carbons (Fsp3) is 0.308. The molecule has 0 unspecified atom stereocenters. The number of carbonyl (C=O) groups is 1. The monoisotopic (exact) mass is 220 g/mol. The average molecular weight is 220 g/mol. The van der Waals surface area contributed by atoms with E-state index in [1.54, 1.807) is 0 Å². The first-order chi connectivity index (χ1) is 7.67. The molecule has 0 amide bonds. The molecule has 0 heterocycles. The SMILES string of the molecule is CCCc1ccc(C=C(OC)C(=O)O)cc1. The number of carboxylic acid groups (broad SMARTS) is 1. The Morgan fingerprint density at radius 1 is 1.38 bits per heavy atom. The number of aryl methyl sites for hydroxylation is 1. The lowest BCUT2D eigenvalue weighted by molar-refractivity contribution is -0.135. The van der Waals surface area contributed by atoms with Crippen molar-refractivity contribution in [1.29, 1.82) is 0 Å². The highest BCUT2D eigenvalue weighted by Gasteiger charge is 2.06. The van der Waals surface area contributed by atoms with E-state index < -0.39 is 5.97 Å². The fourth-order valence-electron chi connectivity index (χ4n) is 1.43. The van der Waals surface area contributed by atoms with Crippen molar-refractivity contribution in [2.45, 2.75) is 19.8 Å². The van der Waals surface area contributed by atoms with Gasteiger partial charge in [0.05, 0.1) is 7.11 Å². The van der Waals surface area contributed by atoms with Gasteiger partial charge in [-0.1, -0.05) is 37.6 Å². The molecule has 0 atom stereocenters. The molecule has 86 valence electrons. The van der Waals surface area contributed by atoms with Crippen LogP contribution in [0.1, 0.15) is 24.5 Å². The van der Waals surface area contributed by atoms with Gasteiger partial charge in [0.15, 0.2) is 0 Å². The van der Waals surface area contributed by atoms with Gasteiger partial charge in [0, 0.05) is 0 Å². The molecule has 0 saturated heterocycles. The highest BCUT2D eigenvalue weighted by atomic mass is 16.5. The lowest BCUT2D eigenvalue weighted by atomic mass is 10.1. The predicted octanol–water partition coefficient (Wildman–Crippen LogP) is 2.71. The van der Waals surface area contributed by atoms with Crippen molar-refractivity contribution in [2.75, 3.05) is 7.11 Å². The Bertz CT molecular complexity index is 377. The maximum Gasteiger partial charge on any atom is 0.371 e. The first-order valence-corrected chi connectivity index (χ1v) is 5.25.